The van der Waals surface area contributed by atoms with Crippen LogP contribution < -0.4 is 5.32 Å². The molecule has 1 aliphatic heterocycles. The minimum atomic E-state index is -0.200. The van der Waals surface area contributed by atoms with Crippen molar-refractivity contribution in [2.45, 2.75) is 46.5 Å². The first kappa shape index (κ1) is 19.6. The van der Waals surface area contributed by atoms with Crippen LogP contribution in [0.4, 0.5) is 5.82 Å². The zero-order chi connectivity index (χ0) is 21.9. The summed E-state index contributed by atoms with van der Waals surface area (Å²) in [7, 11) is 0. The number of allylic oxidation sites excluding steroid dienone is 2. The number of aromatic hydroxyl groups is 1. The van der Waals surface area contributed by atoms with Crippen molar-refractivity contribution in [1.29, 1.82) is 0 Å². The Morgan fingerprint density at radius 2 is 1.84 bits per heavy atom. The Hall–Kier alpha value is -3.34. The van der Waals surface area contributed by atoms with Gasteiger partial charge in [-0.15, -0.1) is 0 Å². The van der Waals surface area contributed by atoms with E-state index < -0.39 is 0 Å². The van der Waals surface area contributed by atoms with Crippen molar-refractivity contribution in [2.24, 2.45) is 5.41 Å². The molecule has 5 nitrogen and oxygen atoms in total. The average Bonchev–Trinajstić information content (AvgIpc) is 3.02. The summed E-state index contributed by atoms with van der Waals surface area (Å²) in [4.78, 5) is 13.4. The van der Waals surface area contributed by atoms with Gasteiger partial charge in [0.1, 0.15) is 11.6 Å². The van der Waals surface area contributed by atoms with E-state index >= 15 is 0 Å². The van der Waals surface area contributed by atoms with Crippen LogP contribution in [0, 0.1) is 19.3 Å². The first-order valence-electron chi connectivity index (χ1n) is 10.7. The monoisotopic (exact) mass is 413 g/mol. The number of aromatic nitrogens is 2. The Balaban J connectivity index is 1.76. The summed E-state index contributed by atoms with van der Waals surface area (Å²) in [5.41, 5.74) is 6.80. The minimum absolute atomic E-state index is 0.0941. The molecule has 31 heavy (non-hydrogen) atoms. The first-order valence-corrected chi connectivity index (χ1v) is 10.7. The highest BCUT2D eigenvalue weighted by atomic mass is 16.3. The Kier molecular flexibility index (Phi) is 4.33. The molecule has 0 radical (unpaired) electrons. The van der Waals surface area contributed by atoms with Crippen molar-refractivity contribution in [3.8, 4) is 11.4 Å². The number of Topliss-reactive ketones (excluding diaryl/α,β-unsaturated/α-hetero) is 1. The summed E-state index contributed by atoms with van der Waals surface area (Å²) in [6.07, 6.45) is 1.34. The van der Waals surface area contributed by atoms with Crippen molar-refractivity contribution >= 4 is 11.6 Å². The molecule has 0 saturated carbocycles. The van der Waals surface area contributed by atoms with Crippen molar-refractivity contribution in [2.75, 3.05) is 5.32 Å². The summed E-state index contributed by atoms with van der Waals surface area (Å²) >= 11 is 0. The van der Waals surface area contributed by atoms with E-state index in [1.54, 1.807) is 12.1 Å². The fourth-order valence-electron chi connectivity index (χ4n) is 5.02. The molecule has 158 valence electrons. The Bertz CT molecular complexity index is 1230. The highest BCUT2D eigenvalue weighted by Gasteiger charge is 2.42. The van der Waals surface area contributed by atoms with Crippen molar-refractivity contribution in [3.05, 3.63) is 82.2 Å². The molecule has 5 heteroatoms. The SMILES string of the molecule is Cc1cccc(-n2nc(C)c3c2NC2=C(C(=O)CC(C)(C)C2)[C@@H]3c2ccc(O)cc2)c1. The molecule has 0 amide bonds. The van der Waals surface area contributed by atoms with Gasteiger partial charge in [0.15, 0.2) is 5.78 Å². The zero-order valence-corrected chi connectivity index (χ0v) is 18.4. The molecular weight excluding hydrogens is 386 g/mol. The Morgan fingerprint density at radius 1 is 1.10 bits per heavy atom. The van der Waals surface area contributed by atoms with Gasteiger partial charge in [0, 0.05) is 29.2 Å². The van der Waals surface area contributed by atoms with E-state index in [-0.39, 0.29) is 22.9 Å². The minimum Gasteiger partial charge on any atom is -0.508 e. The molecular formula is C26H27N3O2. The number of hydrogen-bond donors (Lipinski definition) is 2. The van der Waals surface area contributed by atoms with Gasteiger partial charge in [-0.1, -0.05) is 38.1 Å². The number of phenols is 1. The first-order chi connectivity index (χ1) is 14.7. The van der Waals surface area contributed by atoms with E-state index in [1.807, 2.05) is 29.8 Å². The summed E-state index contributed by atoms with van der Waals surface area (Å²) in [5.74, 6) is 1.13. The number of benzene rings is 2. The fourth-order valence-corrected chi connectivity index (χ4v) is 5.02. The molecule has 1 aromatic heterocycles. The standard InChI is InChI=1S/C26H27N3O2/c1-15-6-5-7-18(12-15)29-25-22(16(2)28-29)23(17-8-10-19(30)11-9-17)24-20(27-25)13-26(3,4)14-21(24)31/h5-12,23,27,30H,13-14H2,1-4H3/t23-/m1/s1. The van der Waals surface area contributed by atoms with Gasteiger partial charge in [-0.2, -0.15) is 5.10 Å². The van der Waals surface area contributed by atoms with Crippen LogP contribution in [-0.4, -0.2) is 20.7 Å². The second-order valence-electron chi connectivity index (χ2n) is 9.58. The highest BCUT2D eigenvalue weighted by Crippen LogP contribution is 2.50. The van der Waals surface area contributed by atoms with Crippen LogP contribution in [0.15, 0.2) is 59.8 Å². The Labute approximate surface area is 182 Å². The van der Waals surface area contributed by atoms with Crippen LogP contribution in [0.2, 0.25) is 0 Å². The van der Waals surface area contributed by atoms with Crippen LogP contribution in [0.3, 0.4) is 0 Å². The lowest BCUT2D eigenvalue weighted by atomic mass is 9.69. The lowest BCUT2D eigenvalue weighted by molar-refractivity contribution is -0.118. The van der Waals surface area contributed by atoms with Crippen molar-refractivity contribution in [1.82, 2.24) is 9.78 Å². The maximum absolute atomic E-state index is 13.4. The van der Waals surface area contributed by atoms with Gasteiger partial charge < -0.3 is 10.4 Å². The number of carbonyl (C=O) groups excluding carboxylic acids is 1. The second kappa shape index (κ2) is 6.84. The van der Waals surface area contributed by atoms with E-state index in [0.717, 1.165) is 46.0 Å². The predicted molar refractivity (Wildman–Crippen MR) is 122 cm³/mol. The zero-order valence-electron chi connectivity index (χ0n) is 18.4. The number of anilines is 1. The van der Waals surface area contributed by atoms with Gasteiger partial charge in [-0.05, 0) is 61.1 Å². The number of phenolic OH excluding ortho intramolecular Hbond substituents is 1. The van der Waals surface area contributed by atoms with Gasteiger partial charge in [0.2, 0.25) is 0 Å². The third-order valence-corrected chi connectivity index (χ3v) is 6.35. The third-order valence-electron chi connectivity index (χ3n) is 6.35. The molecule has 0 bridgehead atoms. The smallest absolute Gasteiger partial charge is 0.162 e. The number of hydrogen-bond acceptors (Lipinski definition) is 4. The largest absolute Gasteiger partial charge is 0.508 e. The topological polar surface area (TPSA) is 67.2 Å². The molecule has 2 N–H and O–H groups in total. The van der Waals surface area contributed by atoms with Gasteiger partial charge in [-0.3, -0.25) is 4.79 Å². The predicted octanol–water partition coefficient (Wildman–Crippen LogP) is 5.40. The Morgan fingerprint density at radius 3 is 2.55 bits per heavy atom. The summed E-state index contributed by atoms with van der Waals surface area (Å²) in [6.45, 7) is 8.36. The van der Waals surface area contributed by atoms with Crippen LogP contribution in [0.25, 0.3) is 5.69 Å². The van der Waals surface area contributed by atoms with Crippen LogP contribution in [-0.2, 0) is 4.79 Å². The summed E-state index contributed by atoms with van der Waals surface area (Å²) in [5, 5.41) is 18.3. The second-order valence-corrected chi connectivity index (χ2v) is 9.58. The molecule has 0 saturated heterocycles. The lowest BCUT2D eigenvalue weighted by Crippen LogP contribution is -2.34. The summed E-state index contributed by atoms with van der Waals surface area (Å²) < 4.78 is 1.96. The molecule has 0 fully saturated rings. The molecule has 0 spiro atoms. The molecule has 2 aromatic carbocycles. The molecule has 3 aromatic rings. The van der Waals surface area contributed by atoms with Crippen molar-refractivity contribution < 1.29 is 9.90 Å². The summed E-state index contributed by atoms with van der Waals surface area (Å²) in [6, 6.07) is 15.5. The van der Waals surface area contributed by atoms with Crippen molar-refractivity contribution in [3.63, 3.8) is 0 Å². The fraction of sp³-hybridized carbons (Fsp3) is 0.308. The maximum Gasteiger partial charge on any atom is 0.162 e. The van der Waals surface area contributed by atoms with Crippen LogP contribution in [0.1, 0.15) is 55.0 Å². The molecule has 5 rings (SSSR count). The highest BCUT2D eigenvalue weighted by molar-refractivity contribution is 6.01. The maximum atomic E-state index is 13.4. The van der Waals surface area contributed by atoms with Gasteiger partial charge >= 0.3 is 0 Å². The number of ketones is 1. The molecule has 1 atom stereocenters. The molecule has 2 aliphatic rings. The number of nitrogens with one attached hydrogen (secondary N) is 1. The normalized spacial score (nSPS) is 19.6. The van der Waals surface area contributed by atoms with Gasteiger partial charge in [0.05, 0.1) is 11.4 Å². The number of rotatable bonds is 2. The molecule has 0 unspecified atom stereocenters. The van der Waals surface area contributed by atoms with Gasteiger partial charge in [-0.25, -0.2) is 4.68 Å². The average molecular weight is 414 g/mol. The van der Waals surface area contributed by atoms with Crippen LogP contribution >= 0.6 is 0 Å². The van der Waals surface area contributed by atoms with E-state index in [4.69, 9.17) is 5.10 Å². The molecule has 1 aliphatic carbocycles. The third kappa shape index (κ3) is 3.25. The van der Waals surface area contributed by atoms with E-state index in [2.05, 4.69) is 44.3 Å². The lowest BCUT2D eigenvalue weighted by Gasteiger charge is -2.38. The number of carbonyl (C=O) groups is 1. The van der Waals surface area contributed by atoms with E-state index in [0.29, 0.717) is 6.42 Å². The number of nitrogens with zero attached hydrogens (tertiary/aromatic N) is 2. The van der Waals surface area contributed by atoms with E-state index in [9.17, 15) is 9.90 Å². The number of fused-ring (bicyclic) bond motifs is 1. The molecule has 2 heterocycles. The number of aryl methyl sites for hydroxylation is 2. The van der Waals surface area contributed by atoms with Gasteiger partial charge in [0.25, 0.3) is 0 Å². The van der Waals surface area contributed by atoms with E-state index in [1.165, 1.54) is 5.56 Å². The van der Waals surface area contributed by atoms with Crippen LogP contribution in [0.5, 0.6) is 5.75 Å². The quantitative estimate of drug-likeness (QED) is 0.591.